The maximum Gasteiger partial charge on any atom is 0.197 e. The minimum Gasteiger partial charge on any atom is -0.289 e. The van der Waals surface area contributed by atoms with Gasteiger partial charge in [0.05, 0.1) is 27.2 Å². The first kappa shape index (κ1) is 20.4. The number of hydrogen-bond acceptors (Lipinski definition) is 6. The fourth-order valence-corrected chi connectivity index (χ4v) is 5.04. The Hall–Kier alpha value is -4.98. The van der Waals surface area contributed by atoms with Crippen molar-refractivity contribution in [2.75, 3.05) is 0 Å². The van der Waals surface area contributed by atoms with Crippen LogP contribution in [0.3, 0.4) is 0 Å². The molecule has 36 heavy (non-hydrogen) atoms. The fourth-order valence-electron chi connectivity index (χ4n) is 5.04. The molecule has 0 spiro atoms. The number of nitrogens with zero attached hydrogens (tertiary/aromatic N) is 2. The van der Waals surface area contributed by atoms with Crippen LogP contribution in [0, 0.1) is 11.6 Å². The summed E-state index contributed by atoms with van der Waals surface area (Å²) in [6.45, 7) is 0. The zero-order chi connectivity index (χ0) is 24.9. The van der Waals surface area contributed by atoms with Crippen molar-refractivity contribution in [1.29, 1.82) is 0 Å². The van der Waals surface area contributed by atoms with Crippen LogP contribution in [0.25, 0.3) is 65.2 Å². The van der Waals surface area contributed by atoms with E-state index in [1.54, 1.807) is 24.3 Å². The number of halogens is 2. The lowest BCUT2D eigenvalue weighted by Crippen LogP contribution is -2.16. The van der Waals surface area contributed by atoms with Gasteiger partial charge in [0, 0.05) is 26.9 Å². The van der Waals surface area contributed by atoms with Gasteiger partial charge in [-0.1, -0.05) is 24.3 Å². The Bertz CT molecular complexity index is 2380. The molecule has 0 aliphatic heterocycles. The van der Waals surface area contributed by atoms with Gasteiger partial charge >= 0.3 is 0 Å². The Morgan fingerprint density at radius 3 is 1.53 bits per heavy atom. The molecular formula is C28H10F2N2O4. The summed E-state index contributed by atoms with van der Waals surface area (Å²) >= 11 is 0. The van der Waals surface area contributed by atoms with E-state index in [0.717, 1.165) is 12.1 Å². The summed E-state index contributed by atoms with van der Waals surface area (Å²) in [4.78, 5) is 61.9. The summed E-state index contributed by atoms with van der Waals surface area (Å²) in [5, 5.41) is -0.164. The molecule has 0 aliphatic rings. The van der Waals surface area contributed by atoms with Gasteiger partial charge in [0.15, 0.2) is 33.3 Å². The maximum absolute atomic E-state index is 14.4. The highest BCUT2D eigenvalue weighted by atomic mass is 19.2. The monoisotopic (exact) mass is 476 g/mol. The Kier molecular flexibility index (Phi) is 3.85. The molecule has 0 radical (unpaired) electrons. The molecule has 6 aromatic carbocycles. The maximum atomic E-state index is 14.4. The van der Waals surface area contributed by atoms with Crippen molar-refractivity contribution in [2.24, 2.45) is 0 Å². The lowest BCUT2D eigenvalue weighted by molar-refractivity contribution is 0.516. The normalized spacial score (nSPS) is 12.1. The van der Waals surface area contributed by atoms with Crippen molar-refractivity contribution in [3.63, 3.8) is 0 Å². The molecule has 0 fully saturated rings. The number of rotatable bonds is 0. The first-order valence-electron chi connectivity index (χ1n) is 10.9. The second-order valence-corrected chi connectivity index (χ2v) is 8.58. The summed E-state index contributed by atoms with van der Waals surface area (Å²) in [7, 11) is 0. The molecule has 0 unspecified atom stereocenters. The van der Waals surface area contributed by atoms with Crippen LogP contribution in [0.2, 0.25) is 0 Å². The SMILES string of the molecule is O=c1c2ccccc2c(=O)c2c1ccc1nc3c(ccc4c(=O)c5c(F)c(F)ccc5c(=O)c43)nc12. The molecule has 0 bridgehead atoms. The zero-order valence-electron chi connectivity index (χ0n) is 18.1. The average Bonchev–Trinajstić information content (AvgIpc) is 2.89. The predicted molar refractivity (Wildman–Crippen MR) is 134 cm³/mol. The topological polar surface area (TPSA) is 94.1 Å². The number of aromatic nitrogens is 2. The molecule has 0 aliphatic carbocycles. The van der Waals surface area contributed by atoms with Crippen molar-refractivity contribution in [3.05, 3.63) is 113 Å². The van der Waals surface area contributed by atoms with E-state index in [0.29, 0.717) is 5.39 Å². The van der Waals surface area contributed by atoms with E-state index in [-0.39, 0.29) is 65.2 Å². The van der Waals surface area contributed by atoms with Crippen LogP contribution in [0.1, 0.15) is 0 Å². The Morgan fingerprint density at radius 1 is 0.472 bits per heavy atom. The number of benzene rings is 6. The molecular weight excluding hydrogens is 466 g/mol. The van der Waals surface area contributed by atoms with Gasteiger partial charge in [-0.05, 0) is 36.4 Å². The van der Waals surface area contributed by atoms with Gasteiger partial charge in [-0.25, -0.2) is 18.7 Å². The minimum absolute atomic E-state index is 0.0733. The van der Waals surface area contributed by atoms with Crippen LogP contribution in [0.5, 0.6) is 0 Å². The third-order valence-electron chi connectivity index (χ3n) is 6.70. The van der Waals surface area contributed by atoms with E-state index < -0.39 is 27.9 Å². The largest absolute Gasteiger partial charge is 0.289 e. The van der Waals surface area contributed by atoms with E-state index in [1.165, 1.54) is 24.3 Å². The molecule has 0 amide bonds. The third-order valence-corrected chi connectivity index (χ3v) is 6.70. The highest BCUT2D eigenvalue weighted by Gasteiger charge is 2.21. The highest BCUT2D eigenvalue weighted by molar-refractivity contribution is 6.14. The summed E-state index contributed by atoms with van der Waals surface area (Å²) in [5.41, 5.74) is -1.46. The van der Waals surface area contributed by atoms with Crippen LogP contribution < -0.4 is 21.7 Å². The van der Waals surface area contributed by atoms with Crippen LogP contribution in [0.15, 0.2) is 79.8 Å². The van der Waals surface area contributed by atoms with Gasteiger partial charge in [-0.3, -0.25) is 19.2 Å². The van der Waals surface area contributed by atoms with Gasteiger partial charge in [-0.15, -0.1) is 0 Å². The molecule has 170 valence electrons. The Balaban J connectivity index is 1.70. The third kappa shape index (κ3) is 2.42. The van der Waals surface area contributed by atoms with Crippen molar-refractivity contribution < 1.29 is 8.78 Å². The van der Waals surface area contributed by atoms with E-state index in [9.17, 15) is 28.0 Å². The summed E-state index contributed by atoms with van der Waals surface area (Å²) in [5.74, 6) is -2.60. The van der Waals surface area contributed by atoms with Crippen molar-refractivity contribution in [2.45, 2.75) is 0 Å². The molecule has 7 rings (SSSR count). The molecule has 0 saturated heterocycles. The van der Waals surface area contributed by atoms with E-state index in [1.807, 2.05) is 0 Å². The molecule has 6 nitrogen and oxygen atoms in total. The van der Waals surface area contributed by atoms with Gasteiger partial charge in [0.25, 0.3) is 0 Å². The quantitative estimate of drug-likeness (QED) is 0.243. The Morgan fingerprint density at radius 2 is 0.917 bits per heavy atom. The molecule has 1 heterocycles. The average molecular weight is 476 g/mol. The van der Waals surface area contributed by atoms with Gasteiger partial charge in [0.1, 0.15) is 11.0 Å². The zero-order valence-corrected chi connectivity index (χ0v) is 18.1. The van der Waals surface area contributed by atoms with Crippen molar-refractivity contribution in [1.82, 2.24) is 9.97 Å². The summed E-state index contributed by atoms with van der Waals surface area (Å²) in [6, 6.07) is 14.1. The number of hydrogen-bond donors (Lipinski definition) is 0. The highest BCUT2D eigenvalue weighted by Crippen LogP contribution is 2.27. The van der Waals surface area contributed by atoms with Crippen LogP contribution in [-0.4, -0.2) is 9.97 Å². The van der Waals surface area contributed by atoms with Crippen LogP contribution in [-0.2, 0) is 0 Å². The smallest absolute Gasteiger partial charge is 0.197 e. The number of fused-ring (bicyclic) bond motifs is 8. The first-order valence-corrected chi connectivity index (χ1v) is 10.9. The predicted octanol–water partition coefficient (Wildman–Crippen LogP) is 3.99. The molecule has 1 aromatic heterocycles. The second-order valence-electron chi connectivity index (χ2n) is 8.58. The minimum atomic E-state index is -1.38. The molecule has 8 heteroatoms. The van der Waals surface area contributed by atoms with Crippen LogP contribution in [0.4, 0.5) is 8.78 Å². The lowest BCUT2D eigenvalue weighted by Gasteiger charge is -2.08. The van der Waals surface area contributed by atoms with Crippen LogP contribution >= 0.6 is 0 Å². The van der Waals surface area contributed by atoms with E-state index in [4.69, 9.17) is 0 Å². The van der Waals surface area contributed by atoms with Crippen molar-refractivity contribution in [3.8, 4) is 0 Å². The second kappa shape index (κ2) is 6.79. The molecule has 0 atom stereocenters. The molecule has 0 N–H and O–H groups in total. The summed E-state index contributed by atoms with van der Waals surface area (Å²) in [6.07, 6.45) is 0. The standard InChI is InChI=1S/C28H10F2N2O4/c29-16-8-5-13-19(22(16)30)27(35)15-7-10-18-24(21(15)28(13)36)32-17-9-6-14-20(23(17)31-18)26(34)12-4-2-1-3-11(12)25(14)33/h1-10H. The van der Waals surface area contributed by atoms with Gasteiger partial charge in [-0.2, -0.15) is 0 Å². The summed E-state index contributed by atoms with van der Waals surface area (Å²) < 4.78 is 28.2. The van der Waals surface area contributed by atoms with E-state index in [2.05, 4.69) is 9.97 Å². The van der Waals surface area contributed by atoms with E-state index >= 15 is 0 Å². The lowest BCUT2D eigenvalue weighted by atomic mass is 9.99. The van der Waals surface area contributed by atoms with Gasteiger partial charge in [0.2, 0.25) is 0 Å². The first-order chi connectivity index (χ1) is 17.4. The Labute approximate surface area is 197 Å². The van der Waals surface area contributed by atoms with Gasteiger partial charge < -0.3 is 0 Å². The van der Waals surface area contributed by atoms with Crippen molar-refractivity contribution >= 4 is 65.2 Å². The fraction of sp³-hybridized carbons (Fsp3) is 0. The molecule has 0 saturated carbocycles. The molecule has 7 aromatic rings.